The lowest BCUT2D eigenvalue weighted by Gasteiger charge is -2.39. The second-order valence-electron chi connectivity index (χ2n) is 8.82. The summed E-state index contributed by atoms with van der Waals surface area (Å²) in [5.41, 5.74) is -2.26. The van der Waals surface area contributed by atoms with Crippen LogP contribution >= 0.6 is 22.6 Å². The van der Waals surface area contributed by atoms with E-state index in [1.54, 1.807) is 43.5 Å². The first-order chi connectivity index (χ1) is 12.2. The molecular weight excluding hydrogens is 463 g/mol. The van der Waals surface area contributed by atoms with Crippen molar-refractivity contribution in [2.24, 2.45) is 23.7 Å². The van der Waals surface area contributed by atoms with E-state index in [9.17, 15) is 19.8 Å². The Bertz CT molecular complexity index is 537. The number of aliphatic hydroxyl groups excluding tert-OH is 1. The molecule has 1 saturated heterocycles. The number of rotatable bonds is 1. The second-order valence-corrected chi connectivity index (χ2v) is 9.95. The summed E-state index contributed by atoms with van der Waals surface area (Å²) in [4.78, 5) is 25.3. The van der Waals surface area contributed by atoms with Gasteiger partial charge in [0.25, 0.3) is 0 Å². The Morgan fingerprint density at radius 1 is 1.11 bits per heavy atom. The van der Waals surface area contributed by atoms with Crippen molar-refractivity contribution in [3.63, 3.8) is 0 Å². The van der Waals surface area contributed by atoms with Gasteiger partial charge < -0.3 is 19.7 Å². The molecule has 2 N–H and O–H groups in total. The molecule has 0 aromatic carbocycles. The number of carbonyl (C=O) groups excluding carboxylic acids is 2. The first-order valence-corrected chi connectivity index (χ1v) is 10.8. The van der Waals surface area contributed by atoms with Crippen LogP contribution in [0.25, 0.3) is 0 Å². The smallest absolute Gasteiger partial charge is 0.309 e. The number of methoxy groups -OCH3 is 1. The fourth-order valence-corrected chi connectivity index (χ4v) is 4.72. The monoisotopic (exact) mass is 498 g/mol. The highest BCUT2D eigenvalue weighted by molar-refractivity contribution is 14.1. The molecule has 0 aromatic rings. The quantitative estimate of drug-likeness (QED) is 0.328. The van der Waals surface area contributed by atoms with Crippen LogP contribution in [0.15, 0.2) is 0 Å². The van der Waals surface area contributed by atoms with Gasteiger partial charge in [0.05, 0.1) is 17.6 Å². The molecule has 0 unspecified atom stereocenters. The highest BCUT2D eigenvalue weighted by Crippen LogP contribution is 2.35. The minimum Gasteiger partial charge on any atom is -0.448 e. The highest BCUT2D eigenvalue weighted by Gasteiger charge is 2.46. The van der Waals surface area contributed by atoms with Crippen LogP contribution in [0.1, 0.15) is 60.8 Å². The van der Waals surface area contributed by atoms with Crippen molar-refractivity contribution in [2.75, 3.05) is 7.11 Å². The van der Waals surface area contributed by atoms with Crippen molar-refractivity contribution in [2.45, 2.75) is 82.2 Å². The molecule has 1 fully saturated rings. The SMILES string of the molecule is CO[C@@]1(C)C[C@@H](C)C[C@@H](C)C(=O)O[C@H](I)[C@@](C)(O)[C@H](O)[C@@H](C)C(=O)[C@H](C)C1. The normalized spacial score (nSPS) is 45.9. The molecule has 7 heteroatoms. The van der Waals surface area contributed by atoms with Crippen LogP contribution in [-0.4, -0.2) is 50.5 Å². The van der Waals surface area contributed by atoms with Crippen LogP contribution in [0.3, 0.4) is 0 Å². The van der Waals surface area contributed by atoms with Gasteiger partial charge in [0, 0.05) is 18.9 Å². The van der Waals surface area contributed by atoms with Crippen LogP contribution in [0, 0.1) is 23.7 Å². The van der Waals surface area contributed by atoms with Gasteiger partial charge in [-0.3, -0.25) is 9.59 Å². The topological polar surface area (TPSA) is 93.1 Å². The predicted molar refractivity (Wildman–Crippen MR) is 111 cm³/mol. The lowest BCUT2D eigenvalue weighted by Crippen LogP contribution is -2.54. The molecule has 0 aromatic heterocycles. The number of ketones is 1. The van der Waals surface area contributed by atoms with Gasteiger partial charge in [0.15, 0.2) is 4.11 Å². The first kappa shape index (κ1) is 24.8. The molecule has 1 heterocycles. The summed E-state index contributed by atoms with van der Waals surface area (Å²) >= 11 is 1.81. The Balaban J connectivity index is 3.24. The first-order valence-electron chi connectivity index (χ1n) is 9.59. The van der Waals surface area contributed by atoms with Crippen LogP contribution in [-0.2, 0) is 19.1 Å². The molecule has 0 radical (unpaired) electrons. The molecule has 0 amide bonds. The van der Waals surface area contributed by atoms with Crippen molar-refractivity contribution in [3.05, 3.63) is 0 Å². The third kappa shape index (κ3) is 6.11. The fourth-order valence-electron chi connectivity index (χ4n) is 4.10. The molecule has 1 rings (SSSR count). The van der Waals surface area contributed by atoms with E-state index in [0.29, 0.717) is 19.3 Å². The minimum atomic E-state index is -1.75. The van der Waals surface area contributed by atoms with Gasteiger partial charge in [-0.25, -0.2) is 0 Å². The van der Waals surface area contributed by atoms with Gasteiger partial charge in [-0.1, -0.05) is 27.7 Å². The molecule has 1 aliphatic rings. The van der Waals surface area contributed by atoms with E-state index in [-0.39, 0.29) is 23.5 Å². The van der Waals surface area contributed by atoms with E-state index in [0.717, 1.165) is 0 Å². The van der Waals surface area contributed by atoms with Crippen LogP contribution in [0.5, 0.6) is 0 Å². The molecule has 0 aliphatic carbocycles. The molecule has 0 bridgehead atoms. The van der Waals surface area contributed by atoms with E-state index < -0.39 is 33.3 Å². The summed E-state index contributed by atoms with van der Waals surface area (Å²) in [5.74, 6) is -1.84. The molecule has 6 nitrogen and oxygen atoms in total. The van der Waals surface area contributed by atoms with Crippen LogP contribution < -0.4 is 0 Å². The lowest BCUT2D eigenvalue weighted by molar-refractivity contribution is -0.172. The summed E-state index contributed by atoms with van der Waals surface area (Å²) in [6.45, 7) is 10.7. The van der Waals surface area contributed by atoms with E-state index in [1.807, 2.05) is 13.8 Å². The van der Waals surface area contributed by atoms with Crippen LogP contribution in [0.2, 0.25) is 0 Å². The predicted octanol–water partition coefficient (Wildman–Crippen LogP) is 3.11. The third-order valence-electron chi connectivity index (χ3n) is 5.86. The molecule has 8 atom stereocenters. The number of hydrogen-bond donors (Lipinski definition) is 2. The Labute approximate surface area is 176 Å². The number of carbonyl (C=O) groups is 2. The van der Waals surface area contributed by atoms with Crippen LogP contribution in [0.4, 0.5) is 0 Å². The Morgan fingerprint density at radius 3 is 2.19 bits per heavy atom. The number of cyclic esters (lactones) is 1. The molecule has 27 heavy (non-hydrogen) atoms. The van der Waals surface area contributed by atoms with Gasteiger partial charge in [0.2, 0.25) is 0 Å². The molecular formula is C20H35IO6. The zero-order chi connectivity index (χ0) is 21.2. The molecule has 1 aliphatic heterocycles. The Kier molecular flexibility index (Phi) is 8.72. The Hall–Kier alpha value is -0.250. The van der Waals surface area contributed by atoms with E-state index in [2.05, 4.69) is 6.92 Å². The van der Waals surface area contributed by atoms with Gasteiger partial charge in [-0.05, 0) is 61.6 Å². The van der Waals surface area contributed by atoms with Gasteiger partial charge in [-0.15, -0.1) is 0 Å². The van der Waals surface area contributed by atoms with Gasteiger partial charge in [-0.2, -0.15) is 0 Å². The summed E-state index contributed by atoms with van der Waals surface area (Å²) in [6, 6.07) is 0. The second kappa shape index (κ2) is 9.50. The third-order valence-corrected chi connectivity index (χ3v) is 7.37. The van der Waals surface area contributed by atoms with Gasteiger partial charge in [0.1, 0.15) is 11.4 Å². The number of halogens is 1. The number of esters is 1. The van der Waals surface area contributed by atoms with Gasteiger partial charge >= 0.3 is 5.97 Å². The van der Waals surface area contributed by atoms with Crippen molar-refractivity contribution in [1.29, 1.82) is 0 Å². The minimum absolute atomic E-state index is 0.140. The van der Waals surface area contributed by atoms with Crippen molar-refractivity contribution in [3.8, 4) is 0 Å². The standard InChI is InChI=1S/C20H35IO6/c1-11-8-12(2)17(24)27-18(21)20(6,25)16(23)14(4)15(22)13(3)10-19(5,9-11)26-7/h11-14,16,18,23,25H,8-10H2,1-7H3/t11-,12+,13+,14-,16+,18-,19-,20-/m0/s1. The Morgan fingerprint density at radius 2 is 1.67 bits per heavy atom. The summed E-state index contributed by atoms with van der Waals surface area (Å²) in [6.07, 6.45) is 0.484. The average molecular weight is 498 g/mol. The van der Waals surface area contributed by atoms with E-state index >= 15 is 0 Å². The average Bonchev–Trinajstić information content (AvgIpc) is 2.58. The summed E-state index contributed by atoms with van der Waals surface area (Å²) < 4.78 is 10.2. The van der Waals surface area contributed by atoms with Crippen molar-refractivity contribution < 1.29 is 29.3 Å². The number of aliphatic hydroxyl groups is 2. The largest absolute Gasteiger partial charge is 0.448 e. The number of hydrogen-bond acceptors (Lipinski definition) is 6. The highest BCUT2D eigenvalue weighted by atomic mass is 127. The van der Waals surface area contributed by atoms with Crippen molar-refractivity contribution >= 4 is 34.3 Å². The molecule has 0 spiro atoms. The fraction of sp³-hybridized carbons (Fsp3) is 0.900. The molecule has 158 valence electrons. The summed E-state index contributed by atoms with van der Waals surface area (Å²) in [5, 5.41) is 21.4. The zero-order valence-corrected chi connectivity index (χ0v) is 19.6. The number of Topliss-reactive ketones (excluding diaryl/α,β-unsaturated/α-hetero) is 1. The maximum Gasteiger partial charge on any atom is 0.309 e. The zero-order valence-electron chi connectivity index (χ0n) is 17.5. The van der Waals surface area contributed by atoms with Crippen molar-refractivity contribution in [1.82, 2.24) is 0 Å². The van der Waals surface area contributed by atoms with E-state index in [1.165, 1.54) is 6.92 Å². The maximum absolute atomic E-state index is 12.9. The van der Waals surface area contributed by atoms with E-state index in [4.69, 9.17) is 9.47 Å². The maximum atomic E-state index is 12.9. The lowest BCUT2D eigenvalue weighted by atomic mass is 9.77. The number of ether oxygens (including phenoxy) is 2. The summed E-state index contributed by atoms with van der Waals surface area (Å²) in [7, 11) is 1.63. The number of alkyl halides is 1. The molecule has 0 saturated carbocycles.